The summed E-state index contributed by atoms with van der Waals surface area (Å²) < 4.78 is 0.956. The molecule has 0 radical (unpaired) electrons. The summed E-state index contributed by atoms with van der Waals surface area (Å²) in [5.74, 6) is 0.565. The highest BCUT2D eigenvalue weighted by molar-refractivity contribution is 14.1. The summed E-state index contributed by atoms with van der Waals surface area (Å²) in [5.41, 5.74) is 4.03. The normalized spacial score (nSPS) is 10.8. The average Bonchev–Trinajstić information content (AvgIpc) is 3.08. The zero-order chi connectivity index (χ0) is 18.1. The van der Waals surface area contributed by atoms with E-state index >= 15 is 0 Å². The van der Waals surface area contributed by atoms with Crippen molar-refractivity contribution in [2.45, 2.75) is 0 Å². The van der Waals surface area contributed by atoms with Crippen LogP contribution in [-0.4, -0.2) is 15.9 Å². The molecule has 0 bridgehead atoms. The largest absolute Gasteiger partial charge is 0.338 e. The molecule has 0 aliphatic rings. The second kappa shape index (κ2) is 7.09. The van der Waals surface area contributed by atoms with E-state index in [0.717, 1.165) is 26.0 Å². The quantitative estimate of drug-likeness (QED) is 0.373. The Morgan fingerprint density at radius 3 is 2.58 bits per heavy atom. The van der Waals surface area contributed by atoms with Crippen LogP contribution < -0.4 is 5.32 Å². The van der Waals surface area contributed by atoms with Crippen LogP contribution in [-0.2, 0) is 0 Å². The maximum Gasteiger partial charge on any atom is 0.257 e. The van der Waals surface area contributed by atoms with E-state index in [1.54, 1.807) is 12.1 Å². The molecule has 0 saturated heterocycles. The van der Waals surface area contributed by atoms with Crippen molar-refractivity contribution in [2.75, 3.05) is 5.32 Å². The molecular formula is C20H13ClIN3O. The summed E-state index contributed by atoms with van der Waals surface area (Å²) in [7, 11) is 0. The molecule has 0 aliphatic heterocycles. The lowest BCUT2D eigenvalue weighted by Gasteiger charge is -2.08. The van der Waals surface area contributed by atoms with Gasteiger partial charge in [-0.05, 0) is 77.2 Å². The lowest BCUT2D eigenvalue weighted by atomic mass is 10.1. The molecule has 6 heteroatoms. The summed E-state index contributed by atoms with van der Waals surface area (Å²) in [5, 5.41) is 3.31. The SMILES string of the molecule is O=C(Nc1ccc(-c2nc3ccccc3[nH]2)cc1)c1cc(I)ccc1Cl. The summed E-state index contributed by atoms with van der Waals surface area (Å²) in [4.78, 5) is 20.3. The van der Waals surface area contributed by atoms with Gasteiger partial charge in [0.05, 0.1) is 21.6 Å². The Labute approximate surface area is 168 Å². The molecule has 1 heterocycles. The number of para-hydroxylation sites is 2. The van der Waals surface area contributed by atoms with Crippen molar-refractivity contribution >= 4 is 56.8 Å². The third-order valence-corrected chi connectivity index (χ3v) is 4.98. The van der Waals surface area contributed by atoms with Crippen LogP contribution in [0.25, 0.3) is 22.4 Å². The number of halogens is 2. The van der Waals surface area contributed by atoms with E-state index in [1.165, 1.54) is 0 Å². The highest BCUT2D eigenvalue weighted by atomic mass is 127. The minimum atomic E-state index is -0.231. The van der Waals surface area contributed by atoms with E-state index in [0.29, 0.717) is 16.3 Å². The van der Waals surface area contributed by atoms with Gasteiger partial charge in [-0.1, -0.05) is 23.7 Å². The van der Waals surface area contributed by atoms with E-state index in [1.807, 2.05) is 54.6 Å². The maximum absolute atomic E-state index is 12.4. The predicted molar refractivity (Wildman–Crippen MR) is 114 cm³/mol. The number of nitrogens with one attached hydrogen (secondary N) is 2. The molecule has 4 nitrogen and oxygen atoms in total. The van der Waals surface area contributed by atoms with Crippen LogP contribution in [0.5, 0.6) is 0 Å². The number of aromatic nitrogens is 2. The molecule has 1 aromatic heterocycles. The molecule has 0 unspecified atom stereocenters. The van der Waals surface area contributed by atoms with E-state index in [9.17, 15) is 4.79 Å². The van der Waals surface area contributed by atoms with E-state index in [2.05, 4.69) is 37.9 Å². The van der Waals surface area contributed by atoms with Gasteiger partial charge in [-0.15, -0.1) is 0 Å². The number of anilines is 1. The molecular weight excluding hydrogens is 461 g/mol. The van der Waals surface area contributed by atoms with Gasteiger partial charge in [-0.3, -0.25) is 4.79 Å². The van der Waals surface area contributed by atoms with Crippen LogP contribution >= 0.6 is 34.2 Å². The molecule has 0 saturated carbocycles. The zero-order valence-corrected chi connectivity index (χ0v) is 16.4. The number of nitrogens with zero attached hydrogens (tertiary/aromatic N) is 1. The van der Waals surface area contributed by atoms with Crippen LogP contribution in [0, 0.1) is 3.57 Å². The average molecular weight is 474 g/mol. The summed E-state index contributed by atoms with van der Waals surface area (Å²) in [6.45, 7) is 0. The van der Waals surface area contributed by atoms with Crippen molar-refractivity contribution < 1.29 is 4.79 Å². The summed E-state index contributed by atoms with van der Waals surface area (Å²) in [6, 6.07) is 20.8. The molecule has 3 aromatic carbocycles. The first kappa shape index (κ1) is 17.1. The number of carbonyl (C=O) groups is 1. The minimum absolute atomic E-state index is 0.231. The first-order chi connectivity index (χ1) is 12.6. The number of aromatic amines is 1. The van der Waals surface area contributed by atoms with Gasteiger partial charge in [0.25, 0.3) is 5.91 Å². The second-order valence-electron chi connectivity index (χ2n) is 5.76. The number of rotatable bonds is 3. The number of benzene rings is 3. The summed E-state index contributed by atoms with van der Waals surface area (Å²) in [6.07, 6.45) is 0. The van der Waals surface area contributed by atoms with Gasteiger partial charge >= 0.3 is 0 Å². The smallest absolute Gasteiger partial charge is 0.257 e. The van der Waals surface area contributed by atoms with Crippen LogP contribution in [0.2, 0.25) is 5.02 Å². The van der Waals surface area contributed by atoms with Crippen molar-refractivity contribution in [3.8, 4) is 11.4 Å². The highest BCUT2D eigenvalue weighted by Crippen LogP contribution is 2.23. The fraction of sp³-hybridized carbons (Fsp3) is 0. The Morgan fingerprint density at radius 2 is 1.81 bits per heavy atom. The molecule has 2 N–H and O–H groups in total. The Hall–Kier alpha value is -2.38. The van der Waals surface area contributed by atoms with Crippen LogP contribution in [0.4, 0.5) is 5.69 Å². The fourth-order valence-electron chi connectivity index (χ4n) is 2.67. The van der Waals surface area contributed by atoms with Crippen LogP contribution in [0.15, 0.2) is 66.7 Å². The number of fused-ring (bicyclic) bond motifs is 1. The number of hydrogen-bond acceptors (Lipinski definition) is 2. The van der Waals surface area contributed by atoms with Gasteiger partial charge in [0, 0.05) is 14.8 Å². The minimum Gasteiger partial charge on any atom is -0.338 e. The first-order valence-corrected chi connectivity index (χ1v) is 9.37. The van der Waals surface area contributed by atoms with Crippen molar-refractivity contribution in [3.63, 3.8) is 0 Å². The molecule has 4 aromatic rings. The lowest BCUT2D eigenvalue weighted by Crippen LogP contribution is -2.12. The third kappa shape index (κ3) is 3.45. The standard InChI is InChI=1S/C20H13ClIN3O/c21-16-10-7-13(22)11-15(16)20(26)23-14-8-5-12(6-9-14)19-24-17-3-1-2-4-18(17)25-19/h1-11H,(H,23,26)(H,24,25). The molecule has 0 spiro atoms. The Balaban J connectivity index is 1.56. The van der Waals surface area contributed by atoms with Gasteiger partial charge in [-0.2, -0.15) is 0 Å². The van der Waals surface area contributed by atoms with E-state index in [4.69, 9.17) is 11.6 Å². The molecule has 26 heavy (non-hydrogen) atoms. The van der Waals surface area contributed by atoms with Crippen LogP contribution in [0.1, 0.15) is 10.4 Å². The number of imidazole rings is 1. The van der Waals surface area contributed by atoms with Crippen molar-refractivity contribution in [3.05, 3.63) is 80.9 Å². The summed E-state index contributed by atoms with van der Waals surface area (Å²) >= 11 is 8.28. The zero-order valence-electron chi connectivity index (χ0n) is 13.5. The molecule has 0 aliphatic carbocycles. The van der Waals surface area contributed by atoms with Gasteiger partial charge in [0.15, 0.2) is 0 Å². The van der Waals surface area contributed by atoms with Gasteiger partial charge in [0.1, 0.15) is 5.82 Å². The highest BCUT2D eigenvalue weighted by Gasteiger charge is 2.12. The van der Waals surface area contributed by atoms with Crippen molar-refractivity contribution in [1.82, 2.24) is 9.97 Å². The van der Waals surface area contributed by atoms with E-state index in [-0.39, 0.29) is 5.91 Å². The monoisotopic (exact) mass is 473 g/mol. The van der Waals surface area contributed by atoms with Gasteiger partial charge in [-0.25, -0.2) is 4.98 Å². The molecule has 4 rings (SSSR count). The molecule has 0 fully saturated rings. The molecule has 1 amide bonds. The number of carbonyl (C=O) groups excluding carboxylic acids is 1. The van der Waals surface area contributed by atoms with Gasteiger partial charge in [0.2, 0.25) is 0 Å². The molecule has 0 atom stereocenters. The molecule has 128 valence electrons. The third-order valence-electron chi connectivity index (χ3n) is 3.98. The van der Waals surface area contributed by atoms with Crippen molar-refractivity contribution in [2.24, 2.45) is 0 Å². The van der Waals surface area contributed by atoms with Gasteiger partial charge < -0.3 is 10.3 Å². The van der Waals surface area contributed by atoms with Crippen molar-refractivity contribution in [1.29, 1.82) is 0 Å². The van der Waals surface area contributed by atoms with Crippen LogP contribution in [0.3, 0.4) is 0 Å². The first-order valence-electron chi connectivity index (χ1n) is 7.92. The lowest BCUT2D eigenvalue weighted by molar-refractivity contribution is 0.102. The number of hydrogen-bond donors (Lipinski definition) is 2. The Kier molecular flexibility index (Phi) is 4.65. The topological polar surface area (TPSA) is 57.8 Å². The predicted octanol–water partition coefficient (Wildman–Crippen LogP) is 5.74. The Morgan fingerprint density at radius 1 is 1.04 bits per heavy atom. The number of H-pyrrole nitrogens is 1. The second-order valence-corrected chi connectivity index (χ2v) is 7.41. The maximum atomic E-state index is 12.4. The fourth-order valence-corrected chi connectivity index (χ4v) is 3.37. The number of amides is 1. The Bertz CT molecular complexity index is 1070. The van der Waals surface area contributed by atoms with E-state index < -0.39 is 0 Å².